The molecule has 2 rings (SSSR count). The van der Waals surface area contributed by atoms with Crippen LogP contribution in [0.25, 0.3) is 0 Å². The molecule has 6 heteroatoms. The maximum atomic E-state index is 11.5. The lowest BCUT2D eigenvalue weighted by molar-refractivity contribution is 0.0669. The van der Waals surface area contributed by atoms with Crippen molar-refractivity contribution in [2.45, 2.75) is 30.8 Å². The van der Waals surface area contributed by atoms with Crippen molar-refractivity contribution in [1.29, 1.82) is 0 Å². The molecule has 1 unspecified atom stereocenters. The Bertz CT molecular complexity index is 521. The number of rotatable bonds is 4. The fourth-order valence-corrected chi connectivity index (χ4v) is 2.67. The number of hydrogen-bond donors (Lipinski definition) is 1. The minimum absolute atomic E-state index is 0.0282. The van der Waals surface area contributed by atoms with Crippen LogP contribution in [0.15, 0.2) is 23.1 Å². The second-order valence-corrected chi connectivity index (χ2v) is 5.97. The van der Waals surface area contributed by atoms with Crippen LogP contribution in [0.1, 0.15) is 18.4 Å². The zero-order chi connectivity index (χ0) is 13.2. The Balaban J connectivity index is 2.16. The lowest BCUT2D eigenvalue weighted by Gasteiger charge is -2.14. The fourth-order valence-electron chi connectivity index (χ4n) is 1.92. The molecule has 0 saturated carbocycles. The zero-order valence-electron chi connectivity index (χ0n) is 10.3. The molecule has 100 valence electrons. The molecule has 1 aliphatic rings. The number of hydrogen-bond acceptors (Lipinski definition) is 4. The molecule has 1 atom stereocenters. The molecule has 1 fully saturated rings. The molecule has 1 aromatic carbocycles. The topological polar surface area (TPSA) is 78.6 Å². The molecular formula is C12H17NO4S. The number of sulfonamides is 1. The molecule has 0 spiro atoms. The summed E-state index contributed by atoms with van der Waals surface area (Å²) in [5, 5.41) is 5.17. The van der Waals surface area contributed by atoms with Crippen LogP contribution in [-0.4, -0.2) is 27.7 Å². The Labute approximate surface area is 107 Å². The smallest absolute Gasteiger partial charge is 0.241 e. The van der Waals surface area contributed by atoms with E-state index in [2.05, 4.69) is 0 Å². The van der Waals surface area contributed by atoms with Gasteiger partial charge in [0.05, 0.1) is 6.10 Å². The summed E-state index contributed by atoms with van der Waals surface area (Å²) < 4.78 is 33.9. The second kappa shape index (κ2) is 5.26. The van der Waals surface area contributed by atoms with Crippen LogP contribution in [0.3, 0.4) is 0 Å². The van der Waals surface area contributed by atoms with Crippen LogP contribution in [0.4, 0.5) is 0 Å². The summed E-state index contributed by atoms with van der Waals surface area (Å²) in [5.41, 5.74) is 0.823. The molecule has 0 aliphatic carbocycles. The minimum atomic E-state index is -3.77. The molecule has 1 aliphatic heterocycles. The van der Waals surface area contributed by atoms with Gasteiger partial charge in [-0.25, -0.2) is 13.6 Å². The first kappa shape index (κ1) is 13.3. The highest BCUT2D eigenvalue weighted by Crippen LogP contribution is 2.25. The third-order valence-electron chi connectivity index (χ3n) is 2.85. The summed E-state index contributed by atoms with van der Waals surface area (Å²) in [6.45, 7) is 2.90. The monoisotopic (exact) mass is 271 g/mol. The van der Waals surface area contributed by atoms with E-state index in [4.69, 9.17) is 14.6 Å². The maximum absolute atomic E-state index is 11.5. The van der Waals surface area contributed by atoms with Gasteiger partial charge < -0.3 is 9.47 Å². The van der Waals surface area contributed by atoms with Crippen LogP contribution in [0, 0.1) is 6.92 Å². The van der Waals surface area contributed by atoms with Crippen molar-refractivity contribution < 1.29 is 17.9 Å². The Kier molecular flexibility index (Phi) is 3.89. The van der Waals surface area contributed by atoms with Gasteiger partial charge in [0.15, 0.2) is 0 Å². The molecule has 1 aromatic rings. The number of nitrogens with two attached hydrogens (primary N) is 1. The van der Waals surface area contributed by atoms with E-state index < -0.39 is 10.0 Å². The van der Waals surface area contributed by atoms with Gasteiger partial charge in [-0.2, -0.15) is 0 Å². The first-order valence-corrected chi connectivity index (χ1v) is 7.39. The predicted octanol–water partition coefficient (Wildman–Crippen LogP) is 1.20. The third-order valence-corrected chi connectivity index (χ3v) is 3.79. The van der Waals surface area contributed by atoms with E-state index in [9.17, 15) is 8.42 Å². The normalized spacial score (nSPS) is 20.0. The van der Waals surface area contributed by atoms with Crippen molar-refractivity contribution in [3.05, 3.63) is 23.8 Å². The lowest BCUT2D eigenvalue weighted by Crippen LogP contribution is -2.19. The SMILES string of the molecule is Cc1ccc(OCC2CCCO2)c(S(N)(=O)=O)c1. The summed E-state index contributed by atoms with van der Waals surface area (Å²) in [6.07, 6.45) is 2.00. The first-order chi connectivity index (χ1) is 8.47. The quantitative estimate of drug-likeness (QED) is 0.892. The first-order valence-electron chi connectivity index (χ1n) is 5.84. The third kappa shape index (κ3) is 3.22. The fraction of sp³-hybridized carbons (Fsp3) is 0.500. The molecular weight excluding hydrogens is 254 g/mol. The summed E-state index contributed by atoms with van der Waals surface area (Å²) in [6, 6.07) is 4.93. The standard InChI is InChI=1S/C12H17NO4S/c1-9-4-5-11(12(7-9)18(13,14)15)17-8-10-3-2-6-16-10/h4-5,7,10H,2-3,6,8H2,1H3,(H2,13,14,15). The average Bonchev–Trinajstić information content (AvgIpc) is 2.79. The molecule has 1 heterocycles. The summed E-state index contributed by atoms with van der Waals surface area (Å²) in [5.74, 6) is 0.290. The van der Waals surface area contributed by atoms with E-state index in [1.165, 1.54) is 6.07 Å². The van der Waals surface area contributed by atoms with E-state index in [-0.39, 0.29) is 11.0 Å². The highest BCUT2D eigenvalue weighted by atomic mass is 32.2. The summed E-state index contributed by atoms with van der Waals surface area (Å²) in [4.78, 5) is 0.0282. The Morgan fingerprint density at radius 3 is 2.89 bits per heavy atom. The average molecular weight is 271 g/mol. The number of benzene rings is 1. The van der Waals surface area contributed by atoms with E-state index >= 15 is 0 Å². The Hall–Kier alpha value is -1.11. The van der Waals surface area contributed by atoms with Crippen LogP contribution in [0.5, 0.6) is 5.75 Å². The molecule has 0 aromatic heterocycles. The van der Waals surface area contributed by atoms with Crippen molar-refractivity contribution in [3.63, 3.8) is 0 Å². The van der Waals surface area contributed by atoms with E-state index in [0.717, 1.165) is 25.0 Å². The summed E-state index contributed by atoms with van der Waals surface area (Å²) >= 11 is 0. The highest BCUT2D eigenvalue weighted by Gasteiger charge is 2.19. The van der Waals surface area contributed by atoms with Gasteiger partial charge in [-0.3, -0.25) is 0 Å². The van der Waals surface area contributed by atoms with Gasteiger partial charge in [-0.1, -0.05) is 6.07 Å². The second-order valence-electron chi connectivity index (χ2n) is 4.44. The van der Waals surface area contributed by atoms with Crippen molar-refractivity contribution in [3.8, 4) is 5.75 Å². The Morgan fingerprint density at radius 1 is 1.50 bits per heavy atom. The van der Waals surface area contributed by atoms with E-state index in [1.807, 2.05) is 0 Å². The molecule has 1 saturated heterocycles. The minimum Gasteiger partial charge on any atom is -0.489 e. The largest absolute Gasteiger partial charge is 0.489 e. The van der Waals surface area contributed by atoms with Crippen molar-refractivity contribution in [2.24, 2.45) is 5.14 Å². The molecule has 5 nitrogen and oxygen atoms in total. The van der Waals surface area contributed by atoms with Gasteiger partial charge in [0.2, 0.25) is 10.0 Å². The van der Waals surface area contributed by atoms with Crippen LogP contribution in [-0.2, 0) is 14.8 Å². The van der Waals surface area contributed by atoms with Gasteiger partial charge in [0.25, 0.3) is 0 Å². The highest BCUT2D eigenvalue weighted by molar-refractivity contribution is 7.89. The molecule has 0 radical (unpaired) electrons. The molecule has 2 N–H and O–H groups in total. The number of primary sulfonamides is 1. The lowest BCUT2D eigenvalue weighted by atomic mass is 10.2. The van der Waals surface area contributed by atoms with Crippen LogP contribution >= 0.6 is 0 Å². The van der Waals surface area contributed by atoms with Gasteiger partial charge in [0.1, 0.15) is 17.3 Å². The zero-order valence-corrected chi connectivity index (χ0v) is 11.1. The van der Waals surface area contributed by atoms with Gasteiger partial charge in [-0.15, -0.1) is 0 Å². The van der Waals surface area contributed by atoms with Gasteiger partial charge >= 0.3 is 0 Å². The Morgan fingerprint density at radius 2 is 2.28 bits per heavy atom. The van der Waals surface area contributed by atoms with Crippen molar-refractivity contribution >= 4 is 10.0 Å². The maximum Gasteiger partial charge on any atom is 0.241 e. The van der Waals surface area contributed by atoms with Gasteiger partial charge in [-0.05, 0) is 37.5 Å². The summed E-state index contributed by atoms with van der Waals surface area (Å²) in [7, 11) is -3.77. The predicted molar refractivity (Wildman–Crippen MR) is 67.0 cm³/mol. The molecule has 0 amide bonds. The number of aryl methyl sites for hydroxylation is 1. The van der Waals surface area contributed by atoms with Gasteiger partial charge in [0, 0.05) is 6.61 Å². The van der Waals surface area contributed by atoms with Crippen molar-refractivity contribution in [2.75, 3.05) is 13.2 Å². The van der Waals surface area contributed by atoms with E-state index in [1.54, 1.807) is 19.1 Å². The van der Waals surface area contributed by atoms with E-state index in [0.29, 0.717) is 12.4 Å². The van der Waals surface area contributed by atoms with Crippen molar-refractivity contribution in [1.82, 2.24) is 0 Å². The van der Waals surface area contributed by atoms with Crippen LogP contribution in [0.2, 0.25) is 0 Å². The number of ether oxygens (including phenoxy) is 2. The molecule has 0 bridgehead atoms. The van der Waals surface area contributed by atoms with Crippen LogP contribution < -0.4 is 9.88 Å². The molecule has 18 heavy (non-hydrogen) atoms.